The number of amides is 2. The number of ether oxygens (including phenoxy) is 1. The van der Waals surface area contributed by atoms with Gasteiger partial charge in [-0.25, -0.2) is 4.98 Å². The maximum Gasteiger partial charge on any atom is 0.275 e. The first-order valence-corrected chi connectivity index (χ1v) is 10.5. The van der Waals surface area contributed by atoms with E-state index in [1.54, 1.807) is 42.8 Å². The molecule has 3 aromatic heterocycles. The molecule has 0 radical (unpaired) electrons. The molecule has 1 aromatic carbocycles. The summed E-state index contributed by atoms with van der Waals surface area (Å²) in [7, 11) is 4.94. The number of nitrogens with one attached hydrogen (secondary N) is 1. The molecule has 0 aliphatic rings. The number of aryl methyl sites for hydroxylation is 1. The number of hydrogen-bond donors (Lipinski definition) is 1. The third kappa shape index (κ3) is 4.40. The Balaban J connectivity index is 1.59. The lowest BCUT2D eigenvalue weighted by atomic mass is 10.1. The molecule has 170 valence electrons. The first kappa shape index (κ1) is 22.0. The Hall–Kier alpha value is -4.21. The summed E-state index contributed by atoms with van der Waals surface area (Å²) in [6.45, 7) is 2.57. The second kappa shape index (κ2) is 9.11. The van der Waals surface area contributed by atoms with Gasteiger partial charge in [0.2, 0.25) is 5.78 Å². The minimum absolute atomic E-state index is 0.171. The fourth-order valence-corrected chi connectivity index (χ4v) is 3.54. The molecule has 0 bridgehead atoms. The van der Waals surface area contributed by atoms with Crippen molar-refractivity contribution in [1.29, 1.82) is 0 Å². The first-order valence-electron chi connectivity index (χ1n) is 10.5. The van der Waals surface area contributed by atoms with Crippen molar-refractivity contribution in [2.45, 2.75) is 13.3 Å². The molecule has 0 spiro atoms. The molecule has 33 heavy (non-hydrogen) atoms. The summed E-state index contributed by atoms with van der Waals surface area (Å²) in [5.74, 6) is 0.748. The molecule has 0 atom stereocenters. The summed E-state index contributed by atoms with van der Waals surface area (Å²) in [4.78, 5) is 36.3. The van der Waals surface area contributed by atoms with Crippen LogP contribution < -0.4 is 10.1 Å². The number of rotatable bonds is 7. The Bertz CT molecular complexity index is 1320. The number of aromatic nitrogens is 5. The van der Waals surface area contributed by atoms with Crippen LogP contribution in [0.5, 0.6) is 5.75 Å². The van der Waals surface area contributed by atoms with Gasteiger partial charge in [-0.05, 0) is 24.6 Å². The van der Waals surface area contributed by atoms with Gasteiger partial charge in [0.1, 0.15) is 17.3 Å². The number of benzene rings is 1. The predicted molar refractivity (Wildman–Crippen MR) is 123 cm³/mol. The molecule has 0 saturated heterocycles. The van der Waals surface area contributed by atoms with E-state index in [-0.39, 0.29) is 17.2 Å². The van der Waals surface area contributed by atoms with Gasteiger partial charge in [-0.2, -0.15) is 10.1 Å². The molecular formula is C23H25N7O3. The highest BCUT2D eigenvalue weighted by molar-refractivity contribution is 6.10. The van der Waals surface area contributed by atoms with Crippen LogP contribution in [0.4, 0.5) is 5.82 Å². The van der Waals surface area contributed by atoms with E-state index in [1.807, 2.05) is 37.4 Å². The quantitative estimate of drug-likeness (QED) is 0.467. The van der Waals surface area contributed by atoms with E-state index in [4.69, 9.17) is 4.74 Å². The lowest BCUT2D eigenvalue weighted by Gasteiger charge is -2.16. The molecule has 10 heteroatoms. The Morgan fingerprint density at radius 2 is 2.03 bits per heavy atom. The number of fused-ring (bicyclic) bond motifs is 1. The van der Waals surface area contributed by atoms with Crippen molar-refractivity contribution in [2.75, 3.05) is 26.0 Å². The third-order valence-corrected chi connectivity index (χ3v) is 5.22. The highest BCUT2D eigenvalue weighted by Crippen LogP contribution is 2.23. The van der Waals surface area contributed by atoms with Gasteiger partial charge in [0.15, 0.2) is 0 Å². The van der Waals surface area contributed by atoms with E-state index >= 15 is 0 Å². The largest absolute Gasteiger partial charge is 0.497 e. The molecule has 0 aliphatic carbocycles. The van der Waals surface area contributed by atoms with Crippen LogP contribution in [0.15, 0.2) is 48.9 Å². The second-order valence-electron chi connectivity index (χ2n) is 7.59. The molecule has 10 nitrogen and oxygen atoms in total. The number of anilines is 1. The summed E-state index contributed by atoms with van der Waals surface area (Å²) in [5.41, 5.74) is 2.03. The normalized spacial score (nSPS) is 10.9. The predicted octanol–water partition coefficient (Wildman–Crippen LogP) is 2.87. The molecule has 0 saturated carbocycles. The van der Waals surface area contributed by atoms with Crippen molar-refractivity contribution >= 4 is 23.4 Å². The minimum atomic E-state index is -0.473. The van der Waals surface area contributed by atoms with Crippen LogP contribution in [0.2, 0.25) is 0 Å². The van der Waals surface area contributed by atoms with Gasteiger partial charge in [-0.1, -0.05) is 19.1 Å². The smallest absolute Gasteiger partial charge is 0.275 e. The molecule has 4 rings (SSSR count). The van der Waals surface area contributed by atoms with E-state index < -0.39 is 5.91 Å². The number of imidazole rings is 1. The average molecular weight is 447 g/mol. The first-order chi connectivity index (χ1) is 15.9. The van der Waals surface area contributed by atoms with Crippen LogP contribution in [-0.2, 0) is 7.05 Å². The van der Waals surface area contributed by atoms with Crippen molar-refractivity contribution in [3.05, 3.63) is 60.2 Å². The van der Waals surface area contributed by atoms with E-state index in [0.717, 1.165) is 23.4 Å². The van der Waals surface area contributed by atoms with Crippen molar-refractivity contribution in [3.8, 4) is 17.0 Å². The molecule has 2 amide bonds. The highest BCUT2D eigenvalue weighted by atomic mass is 16.5. The van der Waals surface area contributed by atoms with Gasteiger partial charge < -0.3 is 15.0 Å². The van der Waals surface area contributed by atoms with Gasteiger partial charge in [0.05, 0.1) is 24.6 Å². The van der Waals surface area contributed by atoms with Crippen LogP contribution >= 0.6 is 0 Å². The fourth-order valence-electron chi connectivity index (χ4n) is 3.54. The minimum Gasteiger partial charge on any atom is -0.497 e. The Morgan fingerprint density at radius 3 is 2.79 bits per heavy atom. The zero-order valence-corrected chi connectivity index (χ0v) is 18.9. The summed E-state index contributed by atoms with van der Waals surface area (Å²) in [6, 6.07) is 9.25. The molecule has 0 fully saturated rings. The number of nitrogens with zero attached hydrogens (tertiary/aromatic N) is 6. The highest BCUT2D eigenvalue weighted by Gasteiger charge is 2.24. The van der Waals surface area contributed by atoms with Crippen molar-refractivity contribution in [2.24, 2.45) is 7.05 Å². The molecule has 1 N–H and O–H groups in total. The van der Waals surface area contributed by atoms with Gasteiger partial charge in [-0.15, -0.1) is 0 Å². The Morgan fingerprint density at radius 1 is 1.21 bits per heavy atom. The monoisotopic (exact) mass is 447 g/mol. The molecule has 0 unspecified atom stereocenters. The van der Waals surface area contributed by atoms with Gasteiger partial charge in [0, 0.05) is 38.6 Å². The maximum atomic E-state index is 13.0. The van der Waals surface area contributed by atoms with Crippen molar-refractivity contribution in [3.63, 3.8) is 0 Å². The molecule has 4 aromatic rings. The van der Waals surface area contributed by atoms with Gasteiger partial charge in [-0.3, -0.25) is 18.7 Å². The Labute approximate surface area is 190 Å². The fraction of sp³-hybridized carbons (Fsp3) is 0.261. The topological polar surface area (TPSA) is 107 Å². The standard InChI is InChI=1S/C23H25N7O3/c1-5-10-28(2)22(32)17-13-24-29(3)20(17)21(31)26-19-9-11-30-14-18(25-23(30)27-19)15-7-6-8-16(12-15)33-4/h6-9,11-14H,5,10H2,1-4H3,(H,25,26,27,31). The lowest BCUT2D eigenvalue weighted by Crippen LogP contribution is -2.30. The van der Waals surface area contributed by atoms with Crippen molar-refractivity contribution < 1.29 is 14.3 Å². The van der Waals surface area contributed by atoms with E-state index in [2.05, 4.69) is 20.4 Å². The van der Waals surface area contributed by atoms with E-state index in [1.165, 1.54) is 10.9 Å². The van der Waals surface area contributed by atoms with E-state index in [0.29, 0.717) is 18.1 Å². The second-order valence-corrected chi connectivity index (χ2v) is 7.59. The molecular weight excluding hydrogens is 422 g/mol. The summed E-state index contributed by atoms with van der Waals surface area (Å²) in [6.07, 6.45) is 5.84. The van der Waals surface area contributed by atoms with Gasteiger partial charge in [0.25, 0.3) is 11.8 Å². The molecule has 3 heterocycles. The number of methoxy groups -OCH3 is 1. The number of carbonyl (C=O) groups is 2. The zero-order valence-electron chi connectivity index (χ0n) is 18.9. The average Bonchev–Trinajstić information content (AvgIpc) is 3.42. The van der Waals surface area contributed by atoms with Crippen molar-refractivity contribution in [1.82, 2.24) is 29.0 Å². The summed E-state index contributed by atoms with van der Waals surface area (Å²) < 4.78 is 8.43. The lowest BCUT2D eigenvalue weighted by molar-refractivity contribution is 0.0789. The van der Waals surface area contributed by atoms with Crippen LogP contribution in [0.1, 0.15) is 34.2 Å². The van der Waals surface area contributed by atoms with Crippen LogP contribution in [0, 0.1) is 0 Å². The van der Waals surface area contributed by atoms with E-state index in [9.17, 15) is 9.59 Å². The zero-order chi connectivity index (χ0) is 23.5. The number of hydrogen-bond acceptors (Lipinski definition) is 6. The SMILES string of the molecule is CCCN(C)C(=O)c1cnn(C)c1C(=O)Nc1ccn2cc(-c3cccc(OC)c3)nc2n1. The van der Waals surface area contributed by atoms with Crippen LogP contribution in [-0.4, -0.2) is 61.6 Å². The van der Waals surface area contributed by atoms with Crippen LogP contribution in [0.25, 0.3) is 17.0 Å². The third-order valence-electron chi connectivity index (χ3n) is 5.22. The maximum absolute atomic E-state index is 13.0. The Kier molecular flexibility index (Phi) is 6.07. The number of carbonyl (C=O) groups excluding carboxylic acids is 2. The van der Waals surface area contributed by atoms with Crippen LogP contribution in [0.3, 0.4) is 0 Å². The summed E-state index contributed by atoms with van der Waals surface area (Å²) >= 11 is 0. The van der Waals surface area contributed by atoms with Gasteiger partial charge >= 0.3 is 0 Å². The summed E-state index contributed by atoms with van der Waals surface area (Å²) in [5, 5.41) is 6.86. The molecule has 0 aliphatic heterocycles.